The molecule has 6 nitrogen and oxygen atoms in total. The van der Waals surface area contributed by atoms with Crippen LogP contribution in [0.5, 0.6) is 0 Å². The fourth-order valence-electron chi connectivity index (χ4n) is 2.29. The van der Waals surface area contributed by atoms with E-state index in [1.165, 1.54) is 25.2 Å². The lowest BCUT2D eigenvalue weighted by Crippen LogP contribution is -2.27. The number of carbonyl (C=O) groups is 2. The second-order valence-corrected chi connectivity index (χ2v) is 4.93. The molecule has 0 aliphatic carbocycles. The van der Waals surface area contributed by atoms with Crippen molar-refractivity contribution < 1.29 is 19.1 Å². The minimum absolute atomic E-state index is 0.0209. The highest BCUT2D eigenvalue weighted by atomic mass is 16.5. The van der Waals surface area contributed by atoms with E-state index in [1.54, 1.807) is 36.6 Å². The summed E-state index contributed by atoms with van der Waals surface area (Å²) in [4.78, 5) is 25.9. The molecule has 0 aromatic heterocycles. The molecule has 1 aromatic rings. The summed E-state index contributed by atoms with van der Waals surface area (Å²) in [5.41, 5.74) is 1.94. The molecule has 0 saturated carbocycles. The summed E-state index contributed by atoms with van der Waals surface area (Å²) in [6.07, 6.45) is 6.41. The van der Waals surface area contributed by atoms with Gasteiger partial charge in [0.05, 0.1) is 37.1 Å². The van der Waals surface area contributed by atoms with Gasteiger partial charge in [-0.05, 0) is 36.8 Å². The van der Waals surface area contributed by atoms with Gasteiger partial charge in [0, 0.05) is 6.20 Å². The average molecular weight is 324 g/mol. The largest absolute Gasteiger partial charge is 0.465 e. The summed E-state index contributed by atoms with van der Waals surface area (Å²) in [6.45, 7) is 1.84. The molecule has 0 radical (unpaired) electrons. The van der Waals surface area contributed by atoms with Gasteiger partial charge in [-0.3, -0.25) is 0 Å². The number of ether oxygens (including phenoxy) is 2. The Bertz CT molecular complexity index is 813. The smallest absolute Gasteiger partial charge is 0.355 e. The third-order valence-electron chi connectivity index (χ3n) is 3.49. The number of carbonyl (C=O) groups excluding carboxylic acids is 2. The topological polar surface area (TPSA) is 79.6 Å². The van der Waals surface area contributed by atoms with Crippen LogP contribution in [0.2, 0.25) is 0 Å². The summed E-state index contributed by atoms with van der Waals surface area (Å²) in [6, 6.07) is 7.16. The van der Waals surface area contributed by atoms with Gasteiger partial charge in [0.2, 0.25) is 0 Å². The maximum Gasteiger partial charge on any atom is 0.355 e. The highest BCUT2D eigenvalue weighted by Gasteiger charge is 2.28. The Kier molecular flexibility index (Phi) is 5.17. The van der Waals surface area contributed by atoms with Crippen molar-refractivity contribution in [3.63, 3.8) is 0 Å². The predicted octanol–water partition coefficient (Wildman–Crippen LogP) is 2.36. The fraction of sp³-hybridized carbons (Fsp3) is 0.167. The van der Waals surface area contributed by atoms with Crippen molar-refractivity contribution in [3.05, 3.63) is 65.0 Å². The monoisotopic (exact) mass is 324 g/mol. The van der Waals surface area contributed by atoms with E-state index in [1.807, 2.05) is 6.92 Å². The second-order valence-electron chi connectivity index (χ2n) is 4.93. The summed E-state index contributed by atoms with van der Waals surface area (Å²) >= 11 is 0. The summed E-state index contributed by atoms with van der Waals surface area (Å²) in [7, 11) is 2.47. The molecule has 1 aliphatic heterocycles. The maximum atomic E-state index is 12.3. The van der Waals surface area contributed by atoms with Crippen LogP contribution in [-0.2, 0) is 19.1 Å². The molecule has 0 bridgehead atoms. The lowest BCUT2D eigenvalue weighted by Gasteiger charge is -2.24. The van der Waals surface area contributed by atoms with Crippen LogP contribution in [0.1, 0.15) is 11.1 Å². The second kappa shape index (κ2) is 7.29. The molecule has 0 amide bonds. The van der Waals surface area contributed by atoms with Crippen LogP contribution in [0.15, 0.2) is 53.9 Å². The number of hydrogen-bond donors (Lipinski definition) is 0. The van der Waals surface area contributed by atoms with Crippen LogP contribution >= 0.6 is 0 Å². The third-order valence-corrected chi connectivity index (χ3v) is 3.49. The van der Waals surface area contributed by atoms with Gasteiger partial charge < -0.3 is 14.4 Å². The van der Waals surface area contributed by atoms with E-state index >= 15 is 0 Å². The summed E-state index contributed by atoms with van der Waals surface area (Å²) < 4.78 is 9.61. The van der Waals surface area contributed by atoms with E-state index in [-0.39, 0.29) is 11.3 Å². The van der Waals surface area contributed by atoms with Crippen molar-refractivity contribution >= 4 is 17.6 Å². The van der Waals surface area contributed by atoms with Crippen molar-refractivity contribution in [1.82, 2.24) is 0 Å². The fourth-order valence-corrected chi connectivity index (χ4v) is 2.29. The third kappa shape index (κ3) is 3.20. The molecule has 0 fully saturated rings. The maximum absolute atomic E-state index is 12.3. The van der Waals surface area contributed by atoms with Crippen molar-refractivity contribution in [2.24, 2.45) is 0 Å². The molecule has 2 rings (SSSR count). The number of methoxy groups -OCH3 is 2. The first-order valence-corrected chi connectivity index (χ1v) is 7.09. The standard InChI is InChI=1S/C18H16N2O4/c1-12-7-8-13(11-19)10-15(12)20-9-5-4-6-14(17(21)23-2)16(20)18(22)24-3/h4-10H,1-3H3. The Morgan fingerprint density at radius 1 is 1.12 bits per heavy atom. The van der Waals surface area contributed by atoms with E-state index in [2.05, 4.69) is 6.07 Å². The molecule has 1 heterocycles. The van der Waals surface area contributed by atoms with Gasteiger partial charge >= 0.3 is 11.9 Å². The van der Waals surface area contributed by atoms with Crippen LogP contribution in [0.4, 0.5) is 5.69 Å². The predicted molar refractivity (Wildman–Crippen MR) is 87.7 cm³/mol. The van der Waals surface area contributed by atoms with E-state index in [4.69, 9.17) is 14.7 Å². The van der Waals surface area contributed by atoms with Crippen LogP contribution in [0.25, 0.3) is 0 Å². The zero-order chi connectivity index (χ0) is 17.7. The summed E-state index contributed by atoms with van der Waals surface area (Å²) in [5.74, 6) is -1.34. The number of esters is 2. The number of nitrogens with zero attached hydrogens (tertiary/aromatic N) is 2. The number of anilines is 1. The summed E-state index contributed by atoms with van der Waals surface area (Å²) in [5, 5.41) is 9.13. The quantitative estimate of drug-likeness (QED) is 0.794. The van der Waals surface area contributed by atoms with Crippen molar-refractivity contribution in [2.45, 2.75) is 6.92 Å². The molecular formula is C18H16N2O4. The van der Waals surface area contributed by atoms with Gasteiger partial charge in [-0.1, -0.05) is 12.1 Å². The van der Waals surface area contributed by atoms with E-state index in [0.717, 1.165) is 5.56 Å². The van der Waals surface area contributed by atoms with Crippen molar-refractivity contribution in [1.29, 1.82) is 5.26 Å². The van der Waals surface area contributed by atoms with Gasteiger partial charge in [-0.15, -0.1) is 0 Å². The van der Waals surface area contributed by atoms with Crippen LogP contribution in [0, 0.1) is 18.3 Å². The highest BCUT2D eigenvalue weighted by Crippen LogP contribution is 2.29. The van der Waals surface area contributed by atoms with Gasteiger partial charge in [0.25, 0.3) is 0 Å². The molecular weight excluding hydrogens is 308 g/mol. The SMILES string of the molecule is COC(=O)C1=C(C(=O)OC)N(c2cc(C#N)ccc2C)C=CC=C1. The molecule has 0 atom stereocenters. The first-order valence-electron chi connectivity index (χ1n) is 7.09. The first kappa shape index (κ1) is 17.0. The van der Waals surface area contributed by atoms with Gasteiger partial charge in [0.15, 0.2) is 0 Å². The molecule has 122 valence electrons. The molecule has 0 unspecified atom stereocenters. The lowest BCUT2D eigenvalue weighted by molar-refractivity contribution is -0.139. The first-order chi connectivity index (χ1) is 11.5. The molecule has 1 aliphatic rings. The van der Waals surface area contributed by atoms with Crippen LogP contribution in [-0.4, -0.2) is 26.2 Å². The number of benzene rings is 1. The highest BCUT2D eigenvalue weighted by molar-refractivity contribution is 6.05. The molecule has 6 heteroatoms. The van der Waals surface area contributed by atoms with Crippen LogP contribution < -0.4 is 4.90 Å². The van der Waals surface area contributed by atoms with Crippen molar-refractivity contribution in [2.75, 3.05) is 19.1 Å². The molecule has 0 spiro atoms. The minimum Gasteiger partial charge on any atom is -0.465 e. The molecule has 0 saturated heterocycles. The Morgan fingerprint density at radius 2 is 1.83 bits per heavy atom. The van der Waals surface area contributed by atoms with Crippen LogP contribution in [0.3, 0.4) is 0 Å². The molecule has 24 heavy (non-hydrogen) atoms. The van der Waals surface area contributed by atoms with Crippen molar-refractivity contribution in [3.8, 4) is 6.07 Å². The lowest BCUT2D eigenvalue weighted by atomic mass is 10.1. The number of hydrogen-bond acceptors (Lipinski definition) is 6. The zero-order valence-electron chi connectivity index (χ0n) is 13.6. The Labute approximate surface area is 139 Å². The van der Waals surface area contributed by atoms with E-state index in [0.29, 0.717) is 11.3 Å². The van der Waals surface area contributed by atoms with Gasteiger partial charge in [-0.25, -0.2) is 9.59 Å². The van der Waals surface area contributed by atoms with E-state index in [9.17, 15) is 9.59 Å². The Balaban J connectivity index is 2.73. The Morgan fingerprint density at radius 3 is 2.46 bits per heavy atom. The molecule has 0 N–H and O–H groups in total. The van der Waals surface area contributed by atoms with Gasteiger partial charge in [0.1, 0.15) is 5.70 Å². The number of rotatable bonds is 3. The average Bonchev–Trinajstić information content (AvgIpc) is 2.83. The number of aryl methyl sites for hydroxylation is 1. The van der Waals surface area contributed by atoms with Gasteiger partial charge in [-0.2, -0.15) is 5.26 Å². The minimum atomic E-state index is -0.687. The number of allylic oxidation sites excluding steroid dienone is 2. The number of nitriles is 1. The van der Waals surface area contributed by atoms with E-state index < -0.39 is 11.9 Å². The molecule has 1 aromatic carbocycles. The normalized spacial score (nSPS) is 13.3. The Hall–Kier alpha value is -3.33. The zero-order valence-corrected chi connectivity index (χ0v) is 13.6.